The molecule has 1 aromatic rings. The molecule has 0 saturated heterocycles. The maximum Gasteiger partial charge on any atom is 0.119 e. The summed E-state index contributed by atoms with van der Waals surface area (Å²) in [4.78, 5) is 2.13. The van der Waals surface area contributed by atoms with Gasteiger partial charge in [0, 0.05) is 19.6 Å². The number of nitrogens with zero attached hydrogens (tertiary/aromatic N) is 1. The van der Waals surface area contributed by atoms with Crippen molar-refractivity contribution in [3.8, 4) is 5.75 Å². The van der Waals surface area contributed by atoms with Crippen LogP contribution in [0.1, 0.15) is 5.56 Å². The first-order valence-corrected chi connectivity index (χ1v) is 5.37. The van der Waals surface area contributed by atoms with Gasteiger partial charge in [0.2, 0.25) is 0 Å². The van der Waals surface area contributed by atoms with Crippen LogP contribution in [0.3, 0.4) is 0 Å². The molecule has 0 amide bonds. The number of aliphatic hydroxyl groups excluding tert-OH is 1. The van der Waals surface area contributed by atoms with Gasteiger partial charge in [-0.05, 0) is 17.7 Å². The second-order valence-electron chi connectivity index (χ2n) is 3.60. The van der Waals surface area contributed by atoms with Crippen LogP contribution in [0.4, 0.5) is 0 Å². The molecule has 0 unspecified atom stereocenters. The Bertz CT molecular complexity index is 325. The first kappa shape index (κ1) is 12.7. The molecule has 0 fully saturated rings. The fourth-order valence-electron chi connectivity index (χ4n) is 1.59. The molecular weight excluding hydrogens is 202 g/mol. The molecule has 0 atom stereocenters. The standard InChI is InChI=1S/C13H19NO2/c1-3-7-14(8-9-15)11-12-5-4-6-13(10-12)16-2/h3-6,10,15H,1,7-9,11H2,2H3. The van der Waals surface area contributed by atoms with Crippen LogP contribution in [0, 0.1) is 0 Å². The van der Waals surface area contributed by atoms with E-state index in [1.54, 1.807) is 7.11 Å². The van der Waals surface area contributed by atoms with Gasteiger partial charge in [0.1, 0.15) is 5.75 Å². The Labute approximate surface area is 97.0 Å². The predicted molar refractivity (Wildman–Crippen MR) is 65.6 cm³/mol. The fourth-order valence-corrected chi connectivity index (χ4v) is 1.59. The highest BCUT2D eigenvalue weighted by molar-refractivity contribution is 5.28. The van der Waals surface area contributed by atoms with Gasteiger partial charge in [-0.2, -0.15) is 0 Å². The van der Waals surface area contributed by atoms with E-state index >= 15 is 0 Å². The van der Waals surface area contributed by atoms with Crippen LogP contribution in [0.5, 0.6) is 5.75 Å². The van der Waals surface area contributed by atoms with E-state index in [0.29, 0.717) is 6.54 Å². The van der Waals surface area contributed by atoms with E-state index in [-0.39, 0.29) is 6.61 Å². The molecule has 3 heteroatoms. The van der Waals surface area contributed by atoms with Crippen molar-refractivity contribution in [2.45, 2.75) is 6.54 Å². The van der Waals surface area contributed by atoms with E-state index in [4.69, 9.17) is 9.84 Å². The van der Waals surface area contributed by atoms with Gasteiger partial charge in [-0.3, -0.25) is 4.90 Å². The second-order valence-corrected chi connectivity index (χ2v) is 3.60. The lowest BCUT2D eigenvalue weighted by molar-refractivity contribution is 0.203. The number of benzene rings is 1. The summed E-state index contributed by atoms with van der Waals surface area (Å²) in [5.74, 6) is 0.861. The average molecular weight is 221 g/mol. The normalized spacial score (nSPS) is 10.4. The number of hydrogen-bond donors (Lipinski definition) is 1. The molecule has 88 valence electrons. The van der Waals surface area contributed by atoms with Gasteiger partial charge in [0.25, 0.3) is 0 Å². The summed E-state index contributed by atoms with van der Waals surface area (Å²) in [5, 5.41) is 8.94. The fraction of sp³-hybridized carbons (Fsp3) is 0.385. The first-order valence-electron chi connectivity index (χ1n) is 5.37. The van der Waals surface area contributed by atoms with Crippen LogP contribution in [-0.4, -0.2) is 36.8 Å². The molecule has 1 aromatic carbocycles. The molecule has 0 heterocycles. The number of aliphatic hydroxyl groups is 1. The third kappa shape index (κ3) is 4.04. The van der Waals surface area contributed by atoms with Crippen molar-refractivity contribution in [1.82, 2.24) is 4.90 Å². The Balaban J connectivity index is 2.64. The Hall–Kier alpha value is -1.32. The zero-order valence-corrected chi connectivity index (χ0v) is 9.72. The van der Waals surface area contributed by atoms with Crippen molar-refractivity contribution in [3.05, 3.63) is 42.5 Å². The maximum atomic E-state index is 8.94. The van der Waals surface area contributed by atoms with Crippen molar-refractivity contribution in [1.29, 1.82) is 0 Å². The molecule has 1 rings (SSSR count). The van der Waals surface area contributed by atoms with E-state index in [2.05, 4.69) is 17.5 Å². The van der Waals surface area contributed by atoms with Gasteiger partial charge in [-0.15, -0.1) is 6.58 Å². The van der Waals surface area contributed by atoms with Crippen molar-refractivity contribution in [3.63, 3.8) is 0 Å². The van der Waals surface area contributed by atoms with Crippen LogP contribution >= 0.6 is 0 Å². The minimum Gasteiger partial charge on any atom is -0.497 e. The molecule has 0 aromatic heterocycles. The highest BCUT2D eigenvalue weighted by atomic mass is 16.5. The van der Waals surface area contributed by atoms with E-state index in [1.165, 1.54) is 5.56 Å². The van der Waals surface area contributed by atoms with Crippen LogP contribution in [0.15, 0.2) is 36.9 Å². The monoisotopic (exact) mass is 221 g/mol. The Morgan fingerprint density at radius 1 is 1.50 bits per heavy atom. The number of rotatable bonds is 7. The van der Waals surface area contributed by atoms with Gasteiger partial charge in [0.05, 0.1) is 13.7 Å². The number of ether oxygens (including phenoxy) is 1. The lowest BCUT2D eigenvalue weighted by Crippen LogP contribution is -2.26. The van der Waals surface area contributed by atoms with Gasteiger partial charge >= 0.3 is 0 Å². The van der Waals surface area contributed by atoms with Crippen LogP contribution in [0.25, 0.3) is 0 Å². The zero-order chi connectivity index (χ0) is 11.8. The van der Waals surface area contributed by atoms with E-state index in [1.807, 2.05) is 24.3 Å². The number of methoxy groups -OCH3 is 1. The molecule has 0 aliphatic heterocycles. The van der Waals surface area contributed by atoms with Crippen LogP contribution < -0.4 is 4.74 Å². The molecule has 0 aliphatic rings. The lowest BCUT2D eigenvalue weighted by Gasteiger charge is -2.19. The topological polar surface area (TPSA) is 32.7 Å². The molecule has 3 nitrogen and oxygen atoms in total. The molecule has 0 spiro atoms. The first-order chi connectivity index (χ1) is 7.80. The zero-order valence-electron chi connectivity index (χ0n) is 9.72. The highest BCUT2D eigenvalue weighted by Crippen LogP contribution is 2.14. The molecule has 16 heavy (non-hydrogen) atoms. The average Bonchev–Trinajstić information content (AvgIpc) is 2.30. The summed E-state index contributed by atoms with van der Waals surface area (Å²) in [6.07, 6.45) is 1.84. The summed E-state index contributed by atoms with van der Waals surface area (Å²) >= 11 is 0. The smallest absolute Gasteiger partial charge is 0.119 e. The summed E-state index contributed by atoms with van der Waals surface area (Å²) in [5.41, 5.74) is 1.18. The van der Waals surface area contributed by atoms with Crippen molar-refractivity contribution in [2.24, 2.45) is 0 Å². The molecule has 1 N–H and O–H groups in total. The highest BCUT2D eigenvalue weighted by Gasteiger charge is 2.04. The Morgan fingerprint density at radius 3 is 2.94 bits per heavy atom. The minimum atomic E-state index is 0.164. The van der Waals surface area contributed by atoms with Gasteiger partial charge in [0.15, 0.2) is 0 Å². The van der Waals surface area contributed by atoms with Gasteiger partial charge < -0.3 is 9.84 Å². The van der Waals surface area contributed by atoms with Crippen molar-refractivity contribution in [2.75, 3.05) is 26.8 Å². The molecule has 0 saturated carbocycles. The van der Waals surface area contributed by atoms with Crippen LogP contribution in [-0.2, 0) is 6.54 Å². The molecule has 0 aliphatic carbocycles. The van der Waals surface area contributed by atoms with Crippen molar-refractivity contribution < 1.29 is 9.84 Å². The maximum absolute atomic E-state index is 8.94. The summed E-state index contributed by atoms with van der Waals surface area (Å²) in [6.45, 7) is 6.10. The summed E-state index contributed by atoms with van der Waals surface area (Å²) in [7, 11) is 1.66. The number of hydrogen-bond acceptors (Lipinski definition) is 3. The SMILES string of the molecule is C=CCN(CCO)Cc1cccc(OC)c1. The van der Waals surface area contributed by atoms with Crippen LogP contribution in [0.2, 0.25) is 0 Å². The van der Waals surface area contributed by atoms with Crippen molar-refractivity contribution >= 4 is 0 Å². The van der Waals surface area contributed by atoms with E-state index in [0.717, 1.165) is 18.8 Å². The van der Waals surface area contributed by atoms with E-state index in [9.17, 15) is 0 Å². The third-order valence-electron chi connectivity index (χ3n) is 2.34. The van der Waals surface area contributed by atoms with Gasteiger partial charge in [-0.1, -0.05) is 18.2 Å². The van der Waals surface area contributed by atoms with E-state index < -0.39 is 0 Å². The minimum absolute atomic E-state index is 0.164. The Morgan fingerprint density at radius 2 is 2.31 bits per heavy atom. The molecular formula is C13H19NO2. The summed E-state index contributed by atoms with van der Waals surface area (Å²) < 4.78 is 5.17. The molecule has 0 bridgehead atoms. The quantitative estimate of drug-likeness (QED) is 0.711. The predicted octanol–water partition coefficient (Wildman–Crippen LogP) is 1.68. The third-order valence-corrected chi connectivity index (χ3v) is 2.34. The molecule has 0 radical (unpaired) electrons. The lowest BCUT2D eigenvalue weighted by atomic mass is 10.2. The second kappa shape index (κ2) is 7.04. The summed E-state index contributed by atoms with van der Waals surface area (Å²) in [6, 6.07) is 7.95. The largest absolute Gasteiger partial charge is 0.497 e. The Kier molecular flexibility index (Phi) is 5.61. The van der Waals surface area contributed by atoms with Gasteiger partial charge in [-0.25, -0.2) is 0 Å².